The number of fused-ring (bicyclic) bond motifs is 3. The molecule has 2 aromatic carbocycles. The minimum Gasteiger partial charge on any atom is -0.399 e. The second-order valence-electron chi connectivity index (χ2n) is 7.95. The maximum absolute atomic E-state index is 13.3. The SMILES string of the molecule is Nc1ccc(NC(=S)N2CCN(c3ncnc4[nH]c5cc(C(F)(F)F)c(Cl)cc5c34)CC2)cc1. The summed E-state index contributed by atoms with van der Waals surface area (Å²) in [5.41, 5.74) is 7.13. The van der Waals surface area contributed by atoms with Crippen LogP contribution in [0.15, 0.2) is 42.7 Å². The topological polar surface area (TPSA) is 86.1 Å². The number of aromatic amines is 1. The molecule has 1 aliphatic heterocycles. The van der Waals surface area contributed by atoms with Gasteiger partial charge in [0.05, 0.1) is 16.0 Å². The monoisotopic (exact) mass is 505 g/mol. The van der Waals surface area contributed by atoms with Gasteiger partial charge in [-0.05, 0) is 48.6 Å². The van der Waals surface area contributed by atoms with E-state index in [4.69, 9.17) is 29.6 Å². The van der Waals surface area contributed by atoms with Crippen molar-refractivity contribution in [3.05, 3.63) is 53.3 Å². The molecule has 4 aromatic rings. The van der Waals surface area contributed by atoms with E-state index in [0.29, 0.717) is 64.7 Å². The minimum absolute atomic E-state index is 0.306. The molecule has 0 unspecified atom stereocenters. The van der Waals surface area contributed by atoms with Crippen LogP contribution in [0.4, 0.5) is 30.4 Å². The fourth-order valence-electron chi connectivity index (χ4n) is 4.08. The molecule has 176 valence electrons. The molecule has 0 saturated carbocycles. The van der Waals surface area contributed by atoms with E-state index >= 15 is 0 Å². The summed E-state index contributed by atoms with van der Waals surface area (Å²) in [6.07, 6.45) is -3.15. The molecule has 0 spiro atoms. The first-order valence-electron chi connectivity index (χ1n) is 10.4. The second kappa shape index (κ2) is 8.48. The number of hydrogen-bond donors (Lipinski definition) is 3. The molecule has 1 saturated heterocycles. The zero-order chi connectivity index (χ0) is 24.0. The van der Waals surface area contributed by atoms with Crippen molar-refractivity contribution in [1.82, 2.24) is 19.9 Å². The van der Waals surface area contributed by atoms with Crippen molar-refractivity contribution in [3.63, 3.8) is 0 Å². The first-order valence-corrected chi connectivity index (χ1v) is 11.2. The molecule has 4 N–H and O–H groups in total. The van der Waals surface area contributed by atoms with Crippen LogP contribution < -0.4 is 16.0 Å². The fraction of sp³-hybridized carbons (Fsp3) is 0.227. The Hall–Kier alpha value is -3.31. The quantitative estimate of drug-likeness (QED) is 0.264. The predicted octanol–water partition coefficient (Wildman–Crippen LogP) is 4.88. The van der Waals surface area contributed by atoms with Gasteiger partial charge in [-0.25, -0.2) is 9.97 Å². The molecule has 1 aliphatic rings. The highest BCUT2D eigenvalue weighted by Gasteiger charge is 2.34. The van der Waals surface area contributed by atoms with Crippen molar-refractivity contribution in [2.75, 3.05) is 42.1 Å². The van der Waals surface area contributed by atoms with E-state index in [9.17, 15) is 13.2 Å². The van der Waals surface area contributed by atoms with Gasteiger partial charge in [0.2, 0.25) is 0 Å². The van der Waals surface area contributed by atoms with Gasteiger partial charge >= 0.3 is 6.18 Å². The Balaban J connectivity index is 1.39. The Morgan fingerprint density at radius 1 is 1.09 bits per heavy atom. The van der Waals surface area contributed by atoms with Gasteiger partial charge < -0.3 is 25.8 Å². The van der Waals surface area contributed by atoms with Gasteiger partial charge in [-0.2, -0.15) is 13.2 Å². The number of aromatic nitrogens is 3. The lowest BCUT2D eigenvalue weighted by Gasteiger charge is -2.37. The van der Waals surface area contributed by atoms with Crippen molar-refractivity contribution >= 4 is 68.1 Å². The average molecular weight is 506 g/mol. The van der Waals surface area contributed by atoms with E-state index in [0.717, 1.165) is 11.8 Å². The minimum atomic E-state index is -4.55. The van der Waals surface area contributed by atoms with E-state index in [2.05, 4.69) is 30.1 Å². The van der Waals surface area contributed by atoms with Gasteiger partial charge in [-0.1, -0.05) is 11.6 Å². The maximum atomic E-state index is 13.3. The van der Waals surface area contributed by atoms with Crippen molar-refractivity contribution in [1.29, 1.82) is 0 Å². The number of hydrogen-bond acceptors (Lipinski definition) is 5. The smallest absolute Gasteiger partial charge is 0.399 e. The Morgan fingerprint density at radius 3 is 2.47 bits per heavy atom. The van der Waals surface area contributed by atoms with Crippen LogP contribution in [-0.2, 0) is 6.18 Å². The first kappa shape index (κ1) is 22.5. The molecule has 0 aliphatic carbocycles. The number of nitrogens with two attached hydrogens (primary N) is 1. The Morgan fingerprint density at radius 2 is 1.79 bits per heavy atom. The molecule has 2 aromatic heterocycles. The number of nitrogens with one attached hydrogen (secondary N) is 2. The van der Waals surface area contributed by atoms with Crippen LogP contribution in [0.1, 0.15) is 5.56 Å². The molecule has 12 heteroatoms. The molecule has 0 radical (unpaired) electrons. The summed E-state index contributed by atoms with van der Waals surface area (Å²) < 4.78 is 39.9. The average Bonchev–Trinajstić information content (AvgIpc) is 3.17. The van der Waals surface area contributed by atoms with Crippen LogP contribution in [0.3, 0.4) is 0 Å². The summed E-state index contributed by atoms with van der Waals surface area (Å²) in [6, 6.07) is 9.67. The molecule has 5 rings (SSSR count). The number of halogens is 4. The summed E-state index contributed by atoms with van der Waals surface area (Å²) in [4.78, 5) is 15.8. The largest absolute Gasteiger partial charge is 0.417 e. The summed E-state index contributed by atoms with van der Waals surface area (Å²) in [6.45, 7) is 2.54. The fourth-order valence-corrected chi connectivity index (χ4v) is 4.65. The molecule has 0 amide bonds. The van der Waals surface area contributed by atoms with Crippen LogP contribution in [0.25, 0.3) is 21.9 Å². The van der Waals surface area contributed by atoms with Gasteiger partial charge in [0.25, 0.3) is 0 Å². The molecular weight excluding hydrogens is 487 g/mol. The third-order valence-corrected chi connectivity index (χ3v) is 6.46. The van der Waals surface area contributed by atoms with Crippen molar-refractivity contribution in [2.24, 2.45) is 0 Å². The van der Waals surface area contributed by atoms with E-state index in [1.807, 2.05) is 12.1 Å². The van der Waals surface area contributed by atoms with E-state index in [-0.39, 0.29) is 5.02 Å². The number of alkyl halides is 3. The standard InChI is InChI=1S/C22H19ClF3N7S/c23-16-9-14-17(10-15(16)22(24,25)26)31-19-18(14)20(29-11-28-19)32-5-7-33(8-6-32)21(34)30-13-3-1-12(27)2-4-13/h1-4,9-11H,5-8,27H2,(H,30,34)(H,28,29,31). The lowest BCUT2D eigenvalue weighted by molar-refractivity contribution is -0.137. The van der Waals surface area contributed by atoms with Crippen molar-refractivity contribution in [3.8, 4) is 0 Å². The highest BCUT2D eigenvalue weighted by Crippen LogP contribution is 2.40. The van der Waals surface area contributed by atoms with E-state index < -0.39 is 11.7 Å². The van der Waals surface area contributed by atoms with Crippen LogP contribution in [0.5, 0.6) is 0 Å². The summed E-state index contributed by atoms with van der Waals surface area (Å²) >= 11 is 11.5. The van der Waals surface area contributed by atoms with Crippen LogP contribution in [0, 0.1) is 0 Å². The Bertz CT molecular complexity index is 1380. The van der Waals surface area contributed by atoms with Gasteiger partial charge in [0.1, 0.15) is 17.8 Å². The molecule has 0 atom stereocenters. The number of nitrogens with zero attached hydrogens (tertiary/aromatic N) is 4. The molecule has 1 fully saturated rings. The number of nitrogen functional groups attached to an aromatic ring is 1. The first-order chi connectivity index (χ1) is 16.2. The van der Waals surface area contributed by atoms with Gasteiger partial charge in [-0.3, -0.25) is 0 Å². The van der Waals surface area contributed by atoms with Crippen LogP contribution in [-0.4, -0.2) is 51.1 Å². The molecule has 3 heterocycles. The molecular formula is C22H19ClF3N7S. The zero-order valence-corrected chi connectivity index (χ0v) is 19.2. The maximum Gasteiger partial charge on any atom is 0.417 e. The molecule has 7 nitrogen and oxygen atoms in total. The van der Waals surface area contributed by atoms with Crippen molar-refractivity contribution in [2.45, 2.75) is 6.18 Å². The van der Waals surface area contributed by atoms with E-state index in [1.54, 1.807) is 12.1 Å². The van der Waals surface area contributed by atoms with Crippen LogP contribution in [0.2, 0.25) is 5.02 Å². The lowest BCUT2D eigenvalue weighted by atomic mass is 10.1. The summed E-state index contributed by atoms with van der Waals surface area (Å²) in [7, 11) is 0. The highest BCUT2D eigenvalue weighted by molar-refractivity contribution is 7.80. The third-order valence-electron chi connectivity index (χ3n) is 5.79. The lowest BCUT2D eigenvalue weighted by Crippen LogP contribution is -2.50. The summed E-state index contributed by atoms with van der Waals surface area (Å²) in [5, 5.41) is 4.65. The number of H-pyrrole nitrogens is 1. The molecule has 34 heavy (non-hydrogen) atoms. The molecule has 0 bridgehead atoms. The zero-order valence-electron chi connectivity index (χ0n) is 17.7. The number of thiocarbonyl (C=S) groups is 1. The Labute approximate surface area is 202 Å². The number of piperazine rings is 1. The van der Waals surface area contributed by atoms with Crippen LogP contribution >= 0.6 is 23.8 Å². The van der Waals surface area contributed by atoms with E-state index in [1.165, 1.54) is 12.4 Å². The van der Waals surface area contributed by atoms with Gasteiger partial charge in [0.15, 0.2) is 5.11 Å². The second-order valence-corrected chi connectivity index (χ2v) is 8.74. The summed E-state index contributed by atoms with van der Waals surface area (Å²) in [5.74, 6) is 0.643. The third kappa shape index (κ3) is 4.16. The van der Waals surface area contributed by atoms with Crippen molar-refractivity contribution < 1.29 is 13.2 Å². The number of rotatable bonds is 2. The number of benzene rings is 2. The normalized spacial score (nSPS) is 14.7. The Kier molecular flexibility index (Phi) is 5.61. The van der Waals surface area contributed by atoms with Gasteiger partial charge in [-0.15, -0.1) is 0 Å². The number of anilines is 3. The van der Waals surface area contributed by atoms with Gasteiger partial charge in [0, 0.05) is 48.5 Å². The predicted molar refractivity (Wildman–Crippen MR) is 132 cm³/mol. The highest BCUT2D eigenvalue weighted by atomic mass is 35.5.